The predicted molar refractivity (Wildman–Crippen MR) is 65.6 cm³/mol. The third-order valence-corrected chi connectivity index (χ3v) is 1.96. The molecule has 98 valence electrons. The molecule has 0 N–H and O–H groups in total. The van der Waals surface area contributed by atoms with E-state index in [-0.39, 0.29) is 5.97 Å². The lowest BCUT2D eigenvalue weighted by atomic mass is 10.3. The molecule has 0 fully saturated rings. The molecule has 5 heteroatoms. The number of rotatable bonds is 6. The first kappa shape index (κ1) is 14.0. The van der Waals surface area contributed by atoms with Crippen LogP contribution in [-0.2, 0) is 9.53 Å². The lowest BCUT2D eigenvalue weighted by Crippen LogP contribution is -2.03. The van der Waals surface area contributed by atoms with E-state index in [1.807, 2.05) is 0 Å². The second-order valence-corrected chi connectivity index (χ2v) is 3.51. The van der Waals surface area contributed by atoms with Crippen LogP contribution < -0.4 is 10.4 Å². The predicted octanol–water partition coefficient (Wildman–Crippen LogP) is 1.84. The summed E-state index contributed by atoms with van der Waals surface area (Å²) < 4.78 is 14.9. The van der Waals surface area contributed by atoms with E-state index in [1.165, 1.54) is 12.1 Å². The summed E-state index contributed by atoms with van der Waals surface area (Å²) in [5.74, 6) is 0.599. The first-order chi connectivity index (χ1) is 8.61. The van der Waals surface area contributed by atoms with Crippen LogP contribution in [0.4, 0.5) is 0 Å². The Balaban J connectivity index is 2.33. The quantitative estimate of drug-likeness (QED) is 0.439. The molecule has 1 aromatic rings. The van der Waals surface area contributed by atoms with E-state index >= 15 is 0 Å². The van der Waals surface area contributed by atoms with Gasteiger partial charge in [-0.25, -0.2) is 9.59 Å². The number of ether oxygens (including phenoxy) is 2. The SMILES string of the molecule is CCOC(=O)/C=C/CCOc1cc(C)oc(=O)c1. The van der Waals surface area contributed by atoms with E-state index in [2.05, 4.69) is 0 Å². The zero-order valence-electron chi connectivity index (χ0n) is 10.5. The summed E-state index contributed by atoms with van der Waals surface area (Å²) in [4.78, 5) is 22.0. The van der Waals surface area contributed by atoms with Crippen molar-refractivity contribution < 1.29 is 18.7 Å². The molecule has 0 saturated heterocycles. The Hall–Kier alpha value is -2.04. The van der Waals surface area contributed by atoms with Crippen molar-refractivity contribution in [2.75, 3.05) is 13.2 Å². The largest absolute Gasteiger partial charge is 0.493 e. The third kappa shape index (κ3) is 5.34. The fourth-order valence-corrected chi connectivity index (χ4v) is 1.27. The highest BCUT2D eigenvalue weighted by molar-refractivity contribution is 5.81. The molecule has 1 rings (SSSR count). The van der Waals surface area contributed by atoms with Gasteiger partial charge in [-0.05, 0) is 20.3 Å². The van der Waals surface area contributed by atoms with Crippen molar-refractivity contribution in [2.24, 2.45) is 0 Å². The Morgan fingerprint density at radius 2 is 2.22 bits per heavy atom. The summed E-state index contributed by atoms with van der Waals surface area (Å²) >= 11 is 0. The minimum atomic E-state index is -0.438. The van der Waals surface area contributed by atoms with E-state index < -0.39 is 5.63 Å². The summed E-state index contributed by atoms with van der Waals surface area (Å²) in [6, 6.07) is 2.92. The minimum Gasteiger partial charge on any atom is -0.493 e. The third-order valence-electron chi connectivity index (χ3n) is 1.96. The van der Waals surface area contributed by atoms with Gasteiger partial charge in [0, 0.05) is 12.1 Å². The van der Waals surface area contributed by atoms with Gasteiger partial charge in [-0.3, -0.25) is 0 Å². The molecule has 5 nitrogen and oxygen atoms in total. The Kier molecular flexibility index (Phi) is 5.70. The highest BCUT2D eigenvalue weighted by atomic mass is 16.5. The van der Waals surface area contributed by atoms with E-state index in [4.69, 9.17) is 13.9 Å². The lowest BCUT2D eigenvalue weighted by molar-refractivity contribution is -0.137. The molecule has 1 heterocycles. The maximum atomic E-state index is 11.0. The van der Waals surface area contributed by atoms with Gasteiger partial charge in [0.15, 0.2) is 0 Å². The van der Waals surface area contributed by atoms with Crippen LogP contribution in [0, 0.1) is 6.92 Å². The van der Waals surface area contributed by atoms with Crippen LogP contribution in [0.3, 0.4) is 0 Å². The molecule has 0 amide bonds. The van der Waals surface area contributed by atoms with Crippen LogP contribution >= 0.6 is 0 Å². The summed E-state index contributed by atoms with van der Waals surface area (Å²) in [5, 5.41) is 0. The Morgan fingerprint density at radius 3 is 2.89 bits per heavy atom. The van der Waals surface area contributed by atoms with Crippen molar-refractivity contribution in [3.8, 4) is 5.75 Å². The van der Waals surface area contributed by atoms with Gasteiger partial charge in [0.25, 0.3) is 0 Å². The summed E-state index contributed by atoms with van der Waals surface area (Å²) in [6.07, 6.45) is 3.58. The fourth-order valence-electron chi connectivity index (χ4n) is 1.27. The molecule has 1 aromatic heterocycles. The lowest BCUT2D eigenvalue weighted by Gasteiger charge is -2.03. The molecule has 0 aliphatic carbocycles. The van der Waals surface area contributed by atoms with E-state index in [1.54, 1.807) is 26.0 Å². The van der Waals surface area contributed by atoms with Crippen molar-refractivity contribution in [2.45, 2.75) is 20.3 Å². The van der Waals surface area contributed by atoms with Gasteiger partial charge >= 0.3 is 11.6 Å². The number of hydrogen-bond acceptors (Lipinski definition) is 5. The van der Waals surface area contributed by atoms with E-state index in [0.717, 1.165) is 0 Å². The number of carbonyl (C=O) groups excluding carboxylic acids is 1. The molecule has 0 aromatic carbocycles. The molecule has 0 spiro atoms. The Morgan fingerprint density at radius 1 is 1.44 bits per heavy atom. The van der Waals surface area contributed by atoms with Gasteiger partial charge in [0.1, 0.15) is 11.5 Å². The average molecular weight is 252 g/mol. The van der Waals surface area contributed by atoms with Gasteiger partial charge in [-0.1, -0.05) is 6.08 Å². The number of esters is 1. The highest BCUT2D eigenvalue weighted by Crippen LogP contribution is 2.09. The van der Waals surface area contributed by atoms with Gasteiger partial charge in [-0.15, -0.1) is 0 Å². The minimum absolute atomic E-state index is 0.360. The Bertz CT molecular complexity index is 473. The first-order valence-corrected chi connectivity index (χ1v) is 5.69. The molecule has 0 atom stereocenters. The number of carbonyl (C=O) groups is 1. The van der Waals surface area contributed by atoms with Crippen LogP contribution in [0.2, 0.25) is 0 Å². The smallest absolute Gasteiger partial charge is 0.339 e. The van der Waals surface area contributed by atoms with Crippen molar-refractivity contribution in [3.63, 3.8) is 0 Å². The molecule has 0 aliphatic heterocycles. The highest BCUT2D eigenvalue weighted by Gasteiger charge is 1.98. The first-order valence-electron chi connectivity index (χ1n) is 5.69. The summed E-state index contributed by atoms with van der Waals surface area (Å²) in [5.41, 5.74) is -0.438. The molecule has 0 saturated carbocycles. The molecular formula is C13H16O5. The second kappa shape index (κ2) is 7.32. The zero-order chi connectivity index (χ0) is 13.4. The van der Waals surface area contributed by atoms with Crippen molar-refractivity contribution in [1.82, 2.24) is 0 Å². The standard InChI is InChI=1S/C13H16O5/c1-3-16-12(14)6-4-5-7-17-11-8-10(2)18-13(15)9-11/h4,6,8-9H,3,5,7H2,1-2H3/b6-4+. The normalized spacial score (nSPS) is 10.6. The van der Waals surface area contributed by atoms with Gasteiger partial charge in [0.05, 0.1) is 19.3 Å². The van der Waals surface area contributed by atoms with Gasteiger partial charge < -0.3 is 13.9 Å². The van der Waals surface area contributed by atoms with Crippen LogP contribution in [0.5, 0.6) is 5.75 Å². The van der Waals surface area contributed by atoms with Crippen molar-refractivity contribution >= 4 is 5.97 Å². The van der Waals surface area contributed by atoms with E-state index in [0.29, 0.717) is 31.1 Å². The van der Waals surface area contributed by atoms with Crippen molar-refractivity contribution in [3.05, 3.63) is 40.5 Å². The topological polar surface area (TPSA) is 65.7 Å². The molecule has 0 aliphatic rings. The Labute approximate surface area is 105 Å². The number of aryl methyl sites for hydroxylation is 1. The van der Waals surface area contributed by atoms with Gasteiger partial charge in [0.2, 0.25) is 0 Å². The maximum Gasteiger partial charge on any atom is 0.339 e. The fraction of sp³-hybridized carbons (Fsp3) is 0.385. The molecule has 18 heavy (non-hydrogen) atoms. The van der Waals surface area contributed by atoms with Crippen LogP contribution in [0.15, 0.2) is 33.5 Å². The average Bonchev–Trinajstić information content (AvgIpc) is 2.27. The molecule has 0 unspecified atom stereocenters. The monoisotopic (exact) mass is 252 g/mol. The zero-order valence-corrected chi connectivity index (χ0v) is 10.5. The number of hydrogen-bond donors (Lipinski definition) is 0. The maximum absolute atomic E-state index is 11.0. The van der Waals surface area contributed by atoms with E-state index in [9.17, 15) is 9.59 Å². The van der Waals surface area contributed by atoms with Gasteiger partial charge in [-0.2, -0.15) is 0 Å². The summed E-state index contributed by atoms with van der Waals surface area (Å²) in [6.45, 7) is 4.16. The van der Waals surface area contributed by atoms with Crippen LogP contribution in [0.25, 0.3) is 0 Å². The molecule has 0 bridgehead atoms. The van der Waals surface area contributed by atoms with Crippen LogP contribution in [0.1, 0.15) is 19.1 Å². The molecule has 0 radical (unpaired) electrons. The summed E-state index contributed by atoms with van der Waals surface area (Å²) in [7, 11) is 0. The van der Waals surface area contributed by atoms with Crippen LogP contribution in [-0.4, -0.2) is 19.2 Å². The molecular weight excluding hydrogens is 236 g/mol. The van der Waals surface area contributed by atoms with Crippen molar-refractivity contribution in [1.29, 1.82) is 0 Å². The second-order valence-electron chi connectivity index (χ2n) is 3.51.